The lowest BCUT2D eigenvalue weighted by Crippen LogP contribution is -2.39. The van der Waals surface area contributed by atoms with Crippen LogP contribution in [0.2, 0.25) is 0 Å². The SMILES string of the molecule is Cc1ccc(C)c(OCC(O)CN2CCc3c(n(C)[nH]c3=O)C2)c1. The van der Waals surface area contributed by atoms with Crippen LogP contribution in [0.15, 0.2) is 23.0 Å². The van der Waals surface area contributed by atoms with Crippen molar-refractivity contribution in [2.75, 3.05) is 19.7 Å². The van der Waals surface area contributed by atoms with E-state index in [0.29, 0.717) is 13.1 Å². The normalized spacial score (nSPS) is 16.0. The van der Waals surface area contributed by atoms with Gasteiger partial charge in [0.05, 0.1) is 5.69 Å². The van der Waals surface area contributed by atoms with Crippen LogP contribution in [0, 0.1) is 13.8 Å². The van der Waals surface area contributed by atoms with Gasteiger partial charge in [0.15, 0.2) is 0 Å². The third-order valence-electron chi connectivity index (χ3n) is 4.59. The number of hydrogen-bond acceptors (Lipinski definition) is 4. The number of nitrogens with zero attached hydrogens (tertiary/aromatic N) is 2. The number of ether oxygens (including phenoxy) is 1. The maximum absolute atomic E-state index is 11.8. The third kappa shape index (κ3) is 3.55. The first-order valence-corrected chi connectivity index (χ1v) is 8.31. The first-order valence-electron chi connectivity index (χ1n) is 8.31. The maximum atomic E-state index is 11.8. The number of nitrogens with one attached hydrogen (secondary N) is 1. The summed E-state index contributed by atoms with van der Waals surface area (Å²) in [4.78, 5) is 13.9. The molecule has 0 saturated carbocycles. The molecule has 0 bridgehead atoms. The number of aromatic amines is 1. The van der Waals surface area contributed by atoms with E-state index < -0.39 is 6.10 Å². The highest BCUT2D eigenvalue weighted by Gasteiger charge is 2.23. The molecule has 0 spiro atoms. The van der Waals surface area contributed by atoms with E-state index in [1.54, 1.807) is 4.68 Å². The van der Waals surface area contributed by atoms with E-state index in [9.17, 15) is 9.90 Å². The number of aryl methyl sites for hydroxylation is 3. The molecule has 1 aromatic heterocycles. The van der Waals surface area contributed by atoms with Crippen molar-refractivity contribution < 1.29 is 9.84 Å². The fourth-order valence-corrected chi connectivity index (χ4v) is 3.20. The summed E-state index contributed by atoms with van der Waals surface area (Å²) >= 11 is 0. The van der Waals surface area contributed by atoms with Gasteiger partial charge in [-0.05, 0) is 37.5 Å². The van der Waals surface area contributed by atoms with E-state index in [2.05, 4.69) is 10.00 Å². The summed E-state index contributed by atoms with van der Waals surface area (Å²) in [6.45, 7) is 6.27. The Bertz CT molecular complexity index is 778. The Morgan fingerprint density at radius 1 is 1.38 bits per heavy atom. The Hall–Kier alpha value is -2.05. The van der Waals surface area contributed by atoms with Crippen LogP contribution < -0.4 is 10.3 Å². The number of hydrogen-bond donors (Lipinski definition) is 2. The summed E-state index contributed by atoms with van der Waals surface area (Å²) < 4.78 is 7.56. The van der Waals surface area contributed by atoms with Crippen LogP contribution in [0.5, 0.6) is 5.75 Å². The van der Waals surface area contributed by atoms with Gasteiger partial charge in [-0.2, -0.15) is 0 Å². The van der Waals surface area contributed by atoms with Crippen molar-refractivity contribution in [2.24, 2.45) is 7.05 Å². The van der Waals surface area contributed by atoms with Crippen LogP contribution in [0.3, 0.4) is 0 Å². The lowest BCUT2D eigenvalue weighted by atomic mass is 10.1. The Balaban J connectivity index is 1.56. The summed E-state index contributed by atoms with van der Waals surface area (Å²) in [6.07, 6.45) is 0.151. The number of fused-ring (bicyclic) bond motifs is 1. The second-order valence-corrected chi connectivity index (χ2v) is 6.64. The predicted octanol–water partition coefficient (Wildman–Crippen LogP) is 1.13. The summed E-state index contributed by atoms with van der Waals surface area (Å²) in [5.41, 5.74) is 4.09. The van der Waals surface area contributed by atoms with E-state index in [0.717, 1.165) is 41.1 Å². The molecule has 0 aliphatic carbocycles. The zero-order chi connectivity index (χ0) is 17.3. The molecule has 0 fully saturated rings. The van der Waals surface area contributed by atoms with E-state index in [4.69, 9.17) is 4.74 Å². The molecule has 6 heteroatoms. The number of β-amino-alcohol motifs (C(OH)–C–C–N with tert-alkyl or cyclic N) is 1. The minimum Gasteiger partial charge on any atom is -0.491 e. The highest BCUT2D eigenvalue weighted by atomic mass is 16.5. The second kappa shape index (κ2) is 6.83. The fraction of sp³-hybridized carbons (Fsp3) is 0.500. The van der Waals surface area contributed by atoms with E-state index in [1.807, 2.05) is 39.1 Å². The molecule has 0 radical (unpaired) electrons. The minimum atomic E-state index is -0.567. The standard InChI is InChI=1S/C18H25N3O3/c1-12-4-5-13(2)17(8-12)24-11-14(22)9-21-7-6-15-16(10-21)20(3)19-18(15)23/h4-5,8,14,22H,6-7,9-11H2,1-3H3,(H,19,23). The topological polar surface area (TPSA) is 70.5 Å². The monoisotopic (exact) mass is 331 g/mol. The highest BCUT2D eigenvalue weighted by Crippen LogP contribution is 2.20. The first-order chi connectivity index (χ1) is 11.4. The molecular weight excluding hydrogens is 306 g/mol. The maximum Gasteiger partial charge on any atom is 0.267 e. The van der Waals surface area contributed by atoms with Crippen molar-refractivity contribution in [1.82, 2.24) is 14.7 Å². The molecule has 130 valence electrons. The van der Waals surface area contributed by atoms with Gasteiger partial charge in [0.2, 0.25) is 0 Å². The van der Waals surface area contributed by atoms with Crippen molar-refractivity contribution in [3.05, 3.63) is 50.9 Å². The molecule has 1 aliphatic rings. The van der Waals surface area contributed by atoms with Gasteiger partial charge in [0.25, 0.3) is 5.56 Å². The van der Waals surface area contributed by atoms with Gasteiger partial charge in [-0.15, -0.1) is 0 Å². The molecular formula is C18H25N3O3. The van der Waals surface area contributed by atoms with Crippen LogP contribution in [-0.2, 0) is 20.0 Å². The van der Waals surface area contributed by atoms with Crippen LogP contribution in [0.25, 0.3) is 0 Å². The lowest BCUT2D eigenvalue weighted by molar-refractivity contribution is 0.0626. The zero-order valence-electron chi connectivity index (χ0n) is 14.5. The second-order valence-electron chi connectivity index (χ2n) is 6.64. The lowest BCUT2D eigenvalue weighted by Gasteiger charge is -2.28. The highest BCUT2D eigenvalue weighted by molar-refractivity contribution is 5.35. The Morgan fingerprint density at radius 2 is 2.17 bits per heavy atom. The van der Waals surface area contributed by atoms with Gasteiger partial charge in [0.1, 0.15) is 18.5 Å². The number of aliphatic hydroxyl groups excluding tert-OH is 1. The number of H-pyrrole nitrogens is 1. The van der Waals surface area contributed by atoms with E-state index >= 15 is 0 Å². The van der Waals surface area contributed by atoms with Crippen LogP contribution in [-0.4, -0.2) is 45.6 Å². The average Bonchev–Trinajstić information content (AvgIpc) is 2.82. The van der Waals surface area contributed by atoms with Gasteiger partial charge >= 0.3 is 0 Å². The Labute approximate surface area is 141 Å². The number of aromatic nitrogens is 2. The zero-order valence-corrected chi connectivity index (χ0v) is 14.5. The molecule has 2 aromatic rings. The fourth-order valence-electron chi connectivity index (χ4n) is 3.20. The van der Waals surface area contributed by atoms with Crippen molar-refractivity contribution in [2.45, 2.75) is 32.9 Å². The van der Waals surface area contributed by atoms with Gasteiger partial charge < -0.3 is 9.84 Å². The Kier molecular flexibility index (Phi) is 4.78. The molecule has 2 N–H and O–H groups in total. The minimum absolute atomic E-state index is 0.00551. The molecule has 0 saturated heterocycles. The molecule has 1 unspecified atom stereocenters. The van der Waals surface area contributed by atoms with Gasteiger partial charge in [-0.25, -0.2) is 0 Å². The Morgan fingerprint density at radius 3 is 2.96 bits per heavy atom. The number of aliphatic hydroxyl groups is 1. The average molecular weight is 331 g/mol. The summed E-state index contributed by atoms with van der Waals surface area (Å²) in [6, 6.07) is 6.06. The molecule has 2 heterocycles. The summed E-state index contributed by atoms with van der Waals surface area (Å²) in [5, 5.41) is 13.1. The molecule has 1 aromatic carbocycles. The molecule has 6 nitrogen and oxygen atoms in total. The van der Waals surface area contributed by atoms with Gasteiger partial charge in [0, 0.05) is 32.2 Å². The van der Waals surface area contributed by atoms with Crippen LogP contribution in [0.1, 0.15) is 22.4 Å². The van der Waals surface area contributed by atoms with Crippen molar-refractivity contribution in [3.63, 3.8) is 0 Å². The summed E-state index contributed by atoms with van der Waals surface area (Å²) in [7, 11) is 1.85. The van der Waals surface area contributed by atoms with Gasteiger partial charge in [-0.3, -0.25) is 19.5 Å². The summed E-state index contributed by atoms with van der Waals surface area (Å²) in [5.74, 6) is 0.822. The molecule has 1 aliphatic heterocycles. The molecule has 1 atom stereocenters. The largest absolute Gasteiger partial charge is 0.491 e. The van der Waals surface area contributed by atoms with E-state index in [1.165, 1.54) is 0 Å². The van der Waals surface area contributed by atoms with Crippen molar-refractivity contribution in [1.29, 1.82) is 0 Å². The molecule has 3 rings (SSSR count). The predicted molar refractivity (Wildman–Crippen MR) is 92.4 cm³/mol. The number of rotatable bonds is 5. The molecule has 0 amide bonds. The molecule has 24 heavy (non-hydrogen) atoms. The van der Waals surface area contributed by atoms with Crippen molar-refractivity contribution >= 4 is 0 Å². The third-order valence-corrected chi connectivity index (χ3v) is 4.59. The van der Waals surface area contributed by atoms with Crippen LogP contribution in [0.4, 0.5) is 0 Å². The van der Waals surface area contributed by atoms with Crippen LogP contribution >= 0.6 is 0 Å². The number of benzene rings is 1. The van der Waals surface area contributed by atoms with E-state index in [-0.39, 0.29) is 12.2 Å². The van der Waals surface area contributed by atoms with Crippen molar-refractivity contribution in [3.8, 4) is 5.75 Å². The van der Waals surface area contributed by atoms with Gasteiger partial charge in [-0.1, -0.05) is 12.1 Å². The first kappa shape index (κ1) is 16.8. The quantitative estimate of drug-likeness (QED) is 0.862. The smallest absolute Gasteiger partial charge is 0.267 e.